The van der Waals surface area contributed by atoms with Gasteiger partial charge in [-0.05, 0) is 32.9 Å². The van der Waals surface area contributed by atoms with Gasteiger partial charge in [-0.2, -0.15) is 0 Å². The molecule has 2 rings (SSSR count). The molecule has 0 atom stereocenters. The maximum Gasteiger partial charge on any atom is 0.0952 e. The molecule has 2 heterocycles. The molecule has 2 aromatic rings. The summed E-state index contributed by atoms with van der Waals surface area (Å²) in [6.07, 6.45) is 3.42. The van der Waals surface area contributed by atoms with Crippen molar-refractivity contribution < 1.29 is 5.11 Å². The predicted molar refractivity (Wildman–Crippen MR) is 59.3 cm³/mol. The molecule has 5 heteroatoms. The van der Waals surface area contributed by atoms with E-state index in [1.807, 2.05) is 4.57 Å². The molecule has 0 radical (unpaired) electrons. The second-order valence-electron chi connectivity index (χ2n) is 2.93. The van der Waals surface area contributed by atoms with Crippen molar-refractivity contribution in [2.24, 2.45) is 0 Å². The largest absolute Gasteiger partial charge is 0.390 e. The molecule has 3 nitrogen and oxygen atoms in total. The predicted octanol–water partition coefficient (Wildman–Crippen LogP) is 2.25. The van der Waals surface area contributed by atoms with E-state index in [0.717, 1.165) is 16.0 Å². The lowest BCUT2D eigenvalue weighted by Crippen LogP contribution is -2.01. The monoisotopic (exact) mass is 272 g/mol. The fourth-order valence-electron chi connectivity index (χ4n) is 1.25. The fourth-order valence-corrected chi connectivity index (χ4v) is 2.45. The first kappa shape index (κ1) is 9.89. The van der Waals surface area contributed by atoms with Crippen LogP contribution in [0.4, 0.5) is 0 Å². The zero-order chi connectivity index (χ0) is 9.97. The molecular formula is C9H9BrN2OS. The number of rotatable bonds is 3. The molecule has 1 N–H and O–H groups in total. The Morgan fingerprint density at radius 3 is 3.07 bits per heavy atom. The summed E-state index contributed by atoms with van der Waals surface area (Å²) in [5.74, 6) is 0. The minimum atomic E-state index is 0.0330. The highest BCUT2D eigenvalue weighted by molar-refractivity contribution is 9.11. The van der Waals surface area contributed by atoms with E-state index < -0.39 is 0 Å². The Labute approximate surface area is 94.2 Å². The normalized spacial score (nSPS) is 10.7. The van der Waals surface area contributed by atoms with Gasteiger partial charge in [-0.25, -0.2) is 4.98 Å². The summed E-state index contributed by atoms with van der Waals surface area (Å²) in [7, 11) is 0. The second kappa shape index (κ2) is 4.25. The average molecular weight is 273 g/mol. The molecule has 2 aromatic heterocycles. The van der Waals surface area contributed by atoms with Crippen molar-refractivity contribution in [3.8, 4) is 0 Å². The molecule has 0 bridgehead atoms. The van der Waals surface area contributed by atoms with Gasteiger partial charge in [-0.1, -0.05) is 0 Å². The zero-order valence-corrected chi connectivity index (χ0v) is 9.75. The summed E-state index contributed by atoms with van der Waals surface area (Å²) >= 11 is 5.08. The second-order valence-corrected chi connectivity index (χ2v) is 5.22. The molecule has 0 fully saturated rings. The van der Waals surface area contributed by atoms with Gasteiger partial charge in [-0.3, -0.25) is 0 Å². The van der Waals surface area contributed by atoms with Crippen molar-refractivity contribution in [1.82, 2.24) is 9.55 Å². The molecule has 0 saturated heterocycles. The van der Waals surface area contributed by atoms with Gasteiger partial charge in [0.2, 0.25) is 0 Å². The van der Waals surface area contributed by atoms with Crippen molar-refractivity contribution in [1.29, 1.82) is 0 Å². The SMILES string of the molecule is OCc1cncn1Cc1csc(Br)c1. The summed E-state index contributed by atoms with van der Waals surface area (Å²) in [4.78, 5) is 3.99. The minimum Gasteiger partial charge on any atom is -0.390 e. The first-order valence-electron chi connectivity index (χ1n) is 4.12. The van der Waals surface area contributed by atoms with Crippen LogP contribution in [0.15, 0.2) is 27.8 Å². The number of aliphatic hydroxyl groups excluding tert-OH is 1. The topological polar surface area (TPSA) is 38.1 Å². The van der Waals surface area contributed by atoms with Crippen LogP contribution in [-0.4, -0.2) is 14.7 Å². The number of aliphatic hydroxyl groups is 1. The third-order valence-corrected chi connectivity index (χ3v) is 3.49. The van der Waals surface area contributed by atoms with E-state index in [2.05, 4.69) is 32.4 Å². The number of halogens is 1. The number of aromatic nitrogens is 2. The lowest BCUT2D eigenvalue weighted by atomic mass is 10.3. The highest BCUT2D eigenvalue weighted by Crippen LogP contribution is 2.21. The van der Waals surface area contributed by atoms with Crippen molar-refractivity contribution in [3.63, 3.8) is 0 Å². The zero-order valence-electron chi connectivity index (χ0n) is 7.35. The maximum atomic E-state index is 9.02. The quantitative estimate of drug-likeness (QED) is 0.931. The number of hydrogen-bond acceptors (Lipinski definition) is 3. The molecule has 0 aromatic carbocycles. The number of hydrogen-bond donors (Lipinski definition) is 1. The van der Waals surface area contributed by atoms with Gasteiger partial charge in [0, 0.05) is 6.54 Å². The summed E-state index contributed by atoms with van der Waals surface area (Å²) in [6.45, 7) is 0.795. The molecule has 14 heavy (non-hydrogen) atoms. The molecule has 0 aliphatic carbocycles. The highest BCUT2D eigenvalue weighted by atomic mass is 79.9. The van der Waals surface area contributed by atoms with Crippen LogP contribution in [0.5, 0.6) is 0 Å². The van der Waals surface area contributed by atoms with Crippen LogP contribution in [-0.2, 0) is 13.2 Å². The smallest absolute Gasteiger partial charge is 0.0952 e. The van der Waals surface area contributed by atoms with Crippen LogP contribution < -0.4 is 0 Å². The van der Waals surface area contributed by atoms with Crippen LogP contribution in [0.1, 0.15) is 11.3 Å². The Morgan fingerprint density at radius 1 is 1.57 bits per heavy atom. The highest BCUT2D eigenvalue weighted by Gasteiger charge is 2.02. The molecule has 0 saturated carbocycles. The first-order valence-corrected chi connectivity index (χ1v) is 5.79. The lowest BCUT2D eigenvalue weighted by molar-refractivity contribution is 0.271. The maximum absolute atomic E-state index is 9.02. The minimum absolute atomic E-state index is 0.0330. The third kappa shape index (κ3) is 2.05. The molecule has 0 aliphatic heterocycles. The molecule has 0 amide bonds. The van der Waals surface area contributed by atoms with Crippen molar-refractivity contribution in [3.05, 3.63) is 39.0 Å². The average Bonchev–Trinajstić information content (AvgIpc) is 2.76. The molecule has 0 spiro atoms. The van der Waals surface area contributed by atoms with Gasteiger partial charge in [0.15, 0.2) is 0 Å². The van der Waals surface area contributed by atoms with Gasteiger partial charge >= 0.3 is 0 Å². The Hall–Kier alpha value is -0.650. The van der Waals surface area contributed by atoms with Crippen LogP contribution in [0, 0.1) is 0 Å². The Balaban J connectivity index is 2.18. The van der Waals surface area contributed by atoms with E-state index in [1.54, 1.807) is 23.9 Å². The van der Waals surface area contributed by atoms with Gasteiger partial charge in [0.25, 0.3) is 0 Å². The summed E-state index contributed by atoms with van der Waals surface area (Å²) < 4.78 is 3.06. The van der Waals surface area contributed by atoms with E-state index in [1.165, 1.54) is 5.56 Å². The standard InChI is InChI=1S/C9H9BrN2OS/c10-9-1-7(5-14-9)3-12-6-11-2-8(12)4-13/h1-2,5-6,13H,3-4H2. The Morgan fingerprint density at radius 2 is 2.43 bits per heavy atom. The van der Waals surface area contributed by atoms with Gasteiger partial charge in [0.05, 0.1) is 28.6 Å². The van der Waals surface area contributed by atoms with Crippen LogP contribution in [0.2, 0.25) is 0 Å². The van der Waals surface area contributed by atoms with Crippen molar-refractivity contribution in [2.45, 2.75) is 13.2 Å². The van der Waals surface area contributed by atoms with E-state index in [9.17, 15) is 0 Å². The summed E-state index contributed by atoms with van der Waals surface area (Å²) in [5.41, 5.74) is 2.06. The number of nitrogens with zero attached hydrogens (tertiary/aromatic N) is 2. The van der Waals surface area contributed by atoms with Crippen LogP contribution in [0.25, 0.3) is 0 Å². The fraction of sp³-hybridized carbons (Fsp3) is 0.222. The first-order chi connectivity index (χ1) is 6.79. The van der Waals surface area contributed by atoms with E-state index >= 15 is 0 Å². The van der Waals surface area contributed by atoms with Gasteiger partial charge in [-0.15, -0.1) is 11.3 Å². The third-order valence-electron chi connectivity index (χ3n) is 1.94. The summed E-state index contributed by atoms with van der Waals surface area (Å²) in [6, 6.07) is 2.08. The van der Waals surface area contributed by atoms with Crippen LogP contribution >= 0.6 is 27.3 Å². The van der Waals surface area contributed by atoms with Gasteiger partial charge < -0.3 is 9.67 Å². The Kier molecular flexibility index (Phi) is 3.00. The number of imidazole rings is 1. The van der Waals surface area contributed by atoms with Gasteiger partial charge in [0.1, 0.15) is 0 Å². The molecular weight excluding hydrogens is 264 g/mol. The summed E-state index contributed by atoms with van der Waals surface area (Å²) in [5, 5.41) is 11.1. The van der Waals surface area contributed by atoms with Crippen molar-refractivity contribution in [2.75, 3.05) is 0 Å². The van der Waals surface area contributed by atoms with E-state index in [0.29, 0.717) is 0 Å². The molecule has 74 valence electrons. The van der Waals surface area contributed by atoms with E-state index in [4.69, 9.17) is 5.11 Å². The van der Waals surface area contributed by atoms with Crippen LogP contribution in [0.3, 0.4) is 0 Å². The number of thiophene rings is 1. The molecule has 0 unspecified atom stereocenters. The lowest BCUT2D eigenvalue weighted by Gasteiger charge is -2.03. The molecule has 0 aliphatic rings. The van der Waals surface area contributed by atoms with Crippen molar-refractivity contribution >= 4 is 27.3 Å². The Bertz CT molecular complexity index is 424. The van der Waals surface area contributed by atoms with E-state index in [-0.39, 0.29) is 6.61 Å².